The van der Waals surface area contributed by atoms with E-state index in [1.165, 1.54) is 11.8 Å². The van der Waals surface area contributed by atoms with Crippen LogP contribution in [0.4, 0.5) is 0 Å². The number of aryl methyl sites for hydroxylation is 1. The first-order valence-corrected chi connectivity index (χ1v) is 9.19. The summed E-state index contributed by atoms with van der Waals surface area (Å²) >= 11 is 1.40. The lowest BCUT2D eigenvalue weighted by Gasteiger charge is -2.09. The SMILES string of the molecule is CCc1nnc(SCC(=O)NCc2ccccc2)n1-c1ccccc1. The fourth-order valence-electron chi connectivity index (χ4n) is 2.44. The third-order valence-corrected chi connectivity index (χ3v) is 4.62. The van der Waals surface area contributed by atoms with E-state index in [9.17, 15) is 4.79 Å². The van der Waals surface area contributed by atoms with Crippen LogP contribution in [0.1, 0.15) is 18.3 Å². The van der Waals surface area contributed by atoms with Crippen molar-refractivity contribution in [1.82, 2.24) is 20.1 Å². The highest BCUT2D eigenvalue weighted by molar-refractivity contribution is 7.99. The normalized spacial score (nSPS) is 10.6. The number of carbonyl (C=O) groups is 1. The minimum Gasteiger partial charge on any atom is -0.351 e. The number of aromatic nitrogens is 3. The van der Waals surface area contributed by atoms with E-state index in [4.69, 9.17) is 0 Å². The standard InChI is InChI=1S/C19H20N4OS/c1-2-17-21-22-19(23(17)16-11-7-4-8-12-16)25-14-18(24)20-13-15-9-5-3-6-10-15/h3-12H,2,13-14H2,1H3,(H,20,24). The molecule has 1 aromatic heterocycles. The van der Waals surface area contributed by atoms with Gasteiger partial charge < -0.3 is 5.32 Å². The lowest BCUT2D eigenvalue weighted by molar-refractivity contribution is -0.118. The zero-order chi connectivity index (χ0) is 17.5. The second-order valence-corrected chi connectivity index (χ2v) is 6.42. The number of nitrogens with zero attached hydrogens (tertiary/aromatic N) is 3. The Morgan fingerprint density at radius 1 is 1.04 bits per heavy atom. The topological polar surface area (TPSA) is 59.8 Å². The molecular formula is C19H20N4OS. The van der Waals surface area contributed by atoms with Crippen LogP contribution in [-0.4, -0.2) is 26.4 Å². The molecule has 0 aliphatic rings. The molecule has 0 spiro atoms. The van der Waals surface area contributed by atoms with Gasteiger partial charge in [-0.1, -0.05) is 67.2 Å². The van der Waals surface area contributed by atoms with E-state index in [-0.39, 0.29) is 5.91 Å². The highest BCUT2D eigenvalue weighted by atomic mass is 32.2. The maximum atomic E-state index is 12.1. The number of nitrogens with one attached hydrogen (secondary N) is 1. The summed E-state index contributed by atoms with van der Waals surface area (Å²) in [4.78, 5) is 12.1. The molecule has 0 saturated heterocycles. The van der Waals surface area contributed by atoms with Crippen LogP contribution in [0.5, 0.6) is 0 Å². The van der Waals surface area contributed by atoms with Crippen LogP contribution in [0, 0.1) is 0 Å². The first-order chi connectivity index (χ1) is 12.3. The van der Waals surface area contributed by atoms with Crippen molar-refractivity contribution in [2.75, 3.05) is 5.75 Å². The van der Waals surface area contributed by atoms with Crippen LogP contribution in [0.15, 0.2) is 65.8 Å². The summed E-state index contributed by atoms with van der Waals surface area (Å²) in [6.45, 7) is 2.58. The molecule has 1 N–H and O–H groups in total. The Labute approximate surface area is 151 Å². The maximum absolute atomic E-state index is 12.1. The van der Waals surface area contributed by atoms with E-state index in [2.05, 4.69) is 15.5 Å². The number of carbonyl (C=O) groups excluding carboxylic acids is 1. The Kier molecular flexibility index (Phi) is 5.85. The van der Waals surface area contributed by atoms with Crippen molar-refractivity contribution >= 4 is 17.7 Å². The molecule has 25 heavy (non-hydrogen) atoms. The van der Waals surface area contributed by atoms with Gasteiger partial charge in [0.05, 0.1) is 5.75 Å². The Bertz CT molecular complexity index is 818. The van der Waals surface area contributed by atoms with Crippen LogP contribution in [0.3, 0.4) is 0 Å². The Hall–Kier alpha value is -2.60. The molecule has 0 fully saturated rings. The highest BCUT2D eigenvalue weighted by Gasteiger charge is 2.14. The molecule has 5 nitrogen and oxygen atoms in total. The molecule has 0 bridgehead atoms. The first-order valence-electron chi connectivity index (χ1n) is 8.21. The largest absolute Gasteiger partial charge is 0.351 e. The van der Waals surface area contributed by atoms with Crippen LogP contribution >= 0.6 is 11.8 Å². The lowest BCUT2D eigenvalue weighted by atomic mass is 10.2. The monoisotopic (exact) mass is 352 g/mol. The number of amides is 1. The van der Waals surface area contributed by atoms with Gasteiger partial charge in [-0.05, 0) is 17.7 Å². The Morgan fingerprint density at radius 2 is 1.72 bits per heavy atom. The van der Waals surface area contributed by atoms with Crippen LogP contribution in [-0.2, 0) is 17.8 Å². The molecule has 1 heterocycles. The molecule has 0 aliphatic heterocycles. The number of hydrogen-bond acceptors (Lipinski definition) is 4. The van der Waals surface area contributed by atoms with Crippen molar-refractivity contribution in [2.45, 2.75) is 25.0 Å². The van der Waals surface area contributed by atoms with Gasteiger partial charge in [-0.15, -0.1) is 10.2 Å². The summed E-state index contributed by atoms with van der Waals surface area (Å²) in [5.41, 5.74) is 2.10. The fourth-order valence-corrected chi connectivity index (χ4v) is 3.24. The summed E-state index contributed by atoms with van der Waals surface area (Å²) in [5, 5.41) is 12.2. The van der Waals surface area contributed by atoms with E-state index in [1.54, 1.807) is 0 Å². The molecule has 1 amide bonds. The van der Waals surface area contributed by atoms with Gasteiger partial charge in [0, 0.05) is 18.7 Å². The summed E-state index contributed by atoms with van der Waals surface area (Å²) in [6, 6.07) is 19.8. The molecule has 0 unspecified atom stereocenters. The maximum Gasteiger partial charge on any atom is 0.230 e. The molecule has 128 valence electrons. The Morgan fingerprint density at radius 3 is 2.40 bits per heavy atom. The summed E-state index contributed by atoms with van der Waals surface area (Å²) in [6.07, 6.45) is 0.780. The van der Waals surface area contributed by atoms with Gasteiger partial charge in [0.25, 0.3) is 0 Å². The van der Waals surface area contributed by atoms with Gasteiger partial charge in [-0.2, -0.15) is 0 Å². The van der Waals surface area contributed by atoms with E-state index in [0.29, 0.717) is 12.3 Å². The molecule has 0 atom stereocenters. The average molecular weight is 352 g/mol. The fraction of sp³-hybridized carbons (Fsp3) is 0.211. The molecule has 2 aromatic carbocycles. The molecule has 0 saturated carbocycles. The van der Waals surface area contributed by atoms with Gasteiger partial charge in [0.1, 0.15) is 5.82 Å². The van der Waals surface area contributed by atoms with Crippen molar-refractivity contribution in [3.63, 3.8) is 0 Å². The molecule has 3 rings (SSSR count). The predicted octanol–water partition coefficient (Wildman–Crippen LogP) is 3.24. The second-order valence-electron chi connectivity index (χ2n) is 5.47. The average Bonchev–Trinajstić information content (AvgIpc) is 3.09. The van der Waals surface area contributed by atoms with E-state index < -0.39 is 0 Å². The van der Waals surface area contributed by atoms with Crippen molar-refractivity contribution in [3.05, 3.63) is 72.1 Å². The molecule has 6 heteroatoms. The number of thioether (sulfide) groups is 1. The third kappa shape index (κ3) is 4.48. The lowest BCUT2D eigenvalue weighted by Crippen LogP contribution is -2.24. The first kappa shape index (κ1) is 17.2. The zero-order valence-electron chi connectivity index (χ0n) is 14.1. The second kappa shape index (κ2) is 8.48. The molecular weight excluding hydrogens is 332 g/mol. The van der Waals surface area contributed by atoms with Gasteiger partial charge >= 0.3 is 0 Å². The van der Waals surface area contributed by atoms with E-state index in [0.717, 1.165) is 28.7 Å². The van der Waals surface area contributed by atoms with E-state index in [1.807, 2.05) is 72.2 Å². The van der Waals surface area contributed by atoms with Crippen molar-refractivity contribution in [2.24, 2.45) is 0 Å². The van der Waals surface area contributed by atoms with Crippen molar-refractivity contribution in [1.29, 1.82) is 0 Å². The smallest absolute Gasteiger partial charge is 0.230 e. The van der Waals surface area contributed by atoms with Crippen LogP contribution in [0.25, 0.3) is 5.69 Å². The number of para-hydroxylation sites is 1. The summed E-state index contributed by atoms with van der Waals surface area (Å²) < 4.78 is 2.01. The summed E-state index contributed by atoms with van der Waals surface area (Å²) in [5.74, 6) is 1.18. The van der Waals surface area contributed by atoms with Gasteiger partial charge in [0.15, 0.2) is 5.16 Å². The van der Waals surface area contributed by atoms with Crippen LogP contribution in [0.2, 0.25) is 0 Å². The summed E-state index contributed by atoms with van der Waals surface area (Å²) in [7, 11) is 0. The van der Waals surface area contributed by atoms with Crippen molar-refractivity contribution < 1.29 is 4.79 Å². The third-order valence-electron chi connectivity index (χ3n) is 3.70. The minimum atomic E-state index is -0.0190. The van der Waals surface area contributed by atoms with Gasteiger partial charge in [-0.3, -0.25) is 9.36 Å². The number of benzene rings is 2. The molecule has 0 radical (unpaired) electrons. The number of hydrogen-bond donors (Lipinski definition) is 1. The predicted molar refractivity (Wildman–Crippen MR) is 99.7 cm³/mol. The number of rotatable bonds is 7. The highest BCUT2D eigenvalue weighted by Crippen LogP contribution is 2.22. The van der Waals surface area contributed by atoms with Gasteiger partial charge in [-0.25, -0.2) is 0 Å². The Balaban J connectivity index is 1.63. The molecule has 3 aromatic rings. The minimum absolute atomic E-state index is 0.0190. The van der Waals surface area contributed by atoms with Gasteiger partial charge in [0.2, 0.25) is 5.91 Å². The quantitative estimate of drug-likeness (QED) is 0.663. The molecule has 0 aliphatic carbocycles. The van der Waals surface area contributed by atoms with E-state index >= 15 is 0 Å². The van der Waals surface area contributed by atoms with Crippen LogP contribution < -0.4 is 5.32 Å². The van der Waals surface area contributed by atoms with Crippen molar-refractivity contribution in [3.8, 4) is 5.69 Å². The zero-order valence-corrected chi connectivity index (χ0v) is 14.9.